The first-order valence-electron chi connectivity index (χ1n) is 17.3. The summed E-state index contributed by atoms with van der Waals surface area (Å²) < 4.78 is 115. The van der Waals surface area contributed by atoms with Crippen molar-refractivity contribution in [2.75, 3.05) is 0 Å². The molecule has 0 unspecified atom stereocenters. The van der Waals surface area contributed by atoms with Crippen molar-refractivity contribution in [3.05, 3.63) is 96.1 Å². The third kappa shape index (κ3) is 15.4. The topological polar surface area (TPSA) is 126 Å². The van der Waals surface area contributed by atoms with Crippen LogP contribution in [0.3, 0.4) is 0 Å². The molecule has 4 aromatic carbocycles. The van der Waals surface area contributed by atoms with Crippen molar-refractivity contribution in [2.24, 2.45) is 5.92 Å². The number of unbranched alkanes of at least 4 members (excludes halogenated alkanes) is 2. The highest BCUT2D eigenvalue weighted by molar-refractivity contribution is 7.86. The van der Waals surface area contributed by atoms with Gasteiger partial charge in [-0.3, -0.25) is 13.9 Å². The quantitative estimate of drug-likeness (QED) is 0.0708. The van der Waals surface area contributed by atoms with Gasteiger partial charge in [0.05, 0.1) is 0 Å². The van der Waals surface area contributed by atoms with E-state index in [1.807, 2.05) is 24.3 Å². The van der Waals surface area contributed by atoms with Gasteiger partial charge in [0, 0.05) is 12.0 Å². The van der Waals surface area contributed by atoms with Gasteiger partial charge in [-0.05, 0) is 57.9 Å². The molecule has 1 aliphatic carbocycles. The van der Waals surface area contributed by atoms with Crippen molar-refractivity contribution < 1.29 is 57.1 Å². The predicted molar refractivity (Wildman–Crippen MR) is 196 cm³/mol. The number of halogens is 6. The Labute approximate surface area is 307 Å². The van der Waals surface area contributed by atoms with Crippen molar-refractivity contribution in [1.29, 1.82) is 0 Å². The minimum absolute atomic E-state index is 0.313. The standard InChI is InChI=1S/C19H26.C17H18O.2CHF3O3S/c1-3-5-10-16(11-6-4-2)19-15-9-13-17-12-7-8-14-18(17)19;18-17(11-13-5-1-2-6-13)16-10-9-14-7-3-4-8-15(14)12-16;2*2-1(3,4)8(5,6)7/h7-9,12-16H,3-6,10-11H2,1-2H3;3-4,7-10,12-13H,1-2,5-6,11H2;2*(H,5,6,7). The molecule has 1 saturated carbocycles. The van der Waals surface area contributed by atoms with Gasteiger partial charge in [-0.15, -0.1) is 0 Å². The van der Waals surface area contributed by atoms with Crippen molar-refractivity contribution in [3.63, 3.8) is 0 Å². The van der Waals surface area contributed by atoms with E-state index in [9.17, 15) is 31.1 Å². The second-order valence-corrected chi connectivity index (χ2v) is 15.6. The average molecular weight is 793 g/mol. The maximum Gasteiger partial charge on any atom is 0.522 e. The van der Waals surface area contributed by atoms with Crippen molar-refractivity contribution >= 4 is 47.6 Å². The van der Waals surface area contributed by atoms with E-state index in [0.29, 0.717) is 11.7 Å². The molecular weight excluding hydrogens is 747 g/mol. The summed E-state index contributed by atoms with van der Waals surface area (Å²) >= 11 is 0. The summed E-state index contributed by atoms with van der Waals surface area (Å²) in [6, 6.07) is 29.9. The van der Waals surface area contributed by atoms with Gasteiger partial charge in [0.1, 0.15) is 0 Å². The molecule has 7 nitrogen and oxygen atoms in total. The van der Waals surface area contributed by atoms with Crippen LogP contribution in [-0.4, -0.2) is 42.7 Å². The number of benzene rings is 4. The van der Waals surface area contributed by atoms with Crippen LogP contribution in [0.15, 0.2) is 84.9 Å². The summed E-state index contributed by atoms with van der Waals surface area (Å²) in [6.07, 6.45) is 13.8. The zero-order valence-electron chi connectivity index (χ0n) is 29.5. The number of hydrogen-bond acceptors (Lipinski definition) is 5. The minimum atomic E-state index is -5.84. The van der Waals surface area contributed by atoms with E-state index in [-0.39, 0.29) is 0 Å². The molecule has 0 radical (unpaired) electrons. The van der Waals surface area contributed by atoms with Crippen molar-refractivity contribution in [3.8, 4) is 0 Å². The lowest BCUT2D eigenvalue weighted by Crippen LogP contribution is -2.21. The second-order valence-electron chi connectivity index (χ2n) is 12.7. The van der Waals surface area contributed by atoms with E-state index < -0.39 is 31.3 Å². The molecule has 0 aliphatic heterocycles. The maximum absolute atomic E-state index is 12.2. The number of alkyl halides is 6. The highest BCUT2D eigenvalue weighted by atomic mass is 32.2. The molecule has 5 rings (SSSR count). The van der Waals surface area contributed by atoms with Gasteiger partial charge >= 0.3 is 31.3 Å². The highest BCUT2D eigenvalue weighted by Crippen LogP contribution is 2.33. The molecule has 0 spiro atoms. The van der Waals surface area contributed by atoms with Crippen LogP contribution < -0.4 is 0 Å². The summed E-state index contributed by atoms with van der Waals surface area (Å²) in [4.78, 5) is 12.2. The summed E-state index contributed by atoms with van der Waals surface area (Å²) in [5.74, 6) is 1.68. The molecule has 294 valence electrons. The van der Waals surface area contributed by atoms with Gasteiger partial charge in [0.15, 0.2) is 5.78 Å². The average Bonchev–Trinajstić information content (AvgIpc) is 3.60. The first-order valence-corrected chi connectivity index (χ1v) is 20.1. The number of carbonyl (C=O) groups excluding carboxylic acids is 1. The van der Waals surface area contributed by atoms with Crippen LogP contribution in [0.5, 0.6) is 0 Å². The Balaban J connectivity index is 0.000000265. The molecule has 1 fully saturated rings. The largest absolute Gasteiger partial charge is 0.522 e. The first-order chi connectivity index (χ1) is 24.7. The van der Waals surface area contributed by atoms with Crippen molar-refractivity contribution in [1.82, 2.24) is 0 Å². The van der Waals surface area contributed by atoms with Crippen LogP contribution in [0.1, 0.15) is 106 Å². The smallest absolute Gasteiger partial charge is 0.294 e. The van der Waals surface area contributed by atoms with E-state index in [2.05, 4.69) is 74.5 Å². The summed E-state index contributed by atoms with van der Waals surface area (Å²) in [5.41, 5.74) is -8.62. The van der Waals surface area contributed by atoms with Crippen molar-refractivity contribution in [2.45, 2.75) is 101 Å². The molecule has 0 bridgehead atoms. The number of carbonyl (C=O) groups is 1. The summed E-state index contributed by atoms with van der Waals surface area (Å²) in [5, 5.41) is 5.21. The van der Waals surface area contributed by atoms with E-state index in [4.69, 9.17) is 25.9 Å². The molecule has 53 heavy (non-hydrogen) atoms. The lowest BCUT2D eigenvalue weighted by atomic mass is 9.86. The zero-order valence-corrected chi connectivity index (χ0v) is 31.2. The molecule has 0 saturated heterocycles. The fourth-order valence-electron chi connectivity index (χ4n) is 5.92. The third-order valence-corrected chi connectivity index (χ3v) is 9.85. The molecular formula is C38H46F6O7S2. The second kappa shape index (κ2) is 20.8. The Kier molecular flexibility index (Phi) is 17.9. The minimum Gasteiger partial charge on any atom is -0.294 e. The van der Waals surface area contributed by atoms with Gasteiger partial charge < -0.3 is 0 Å². The van der Waals surface area contributed by atoms with E-state index >= 15 is 0 Å². The van der Waals surface area contributed by atoms with Crippen LogP contribution in [0.4, 0.5) is 26.3 Å². The predicted octanol–water partition coefficient (Wildman–Crippen LogP) is 11.7. The van der Waals surface area contributed by atoms with Crippen LogP contribution in [0.25, 0.3) is 21.5 Å². The number of hydrogen-bond donors (Lipinski definition) is 2. The van der Waals surface area contributed by atoms with Gasteiger partial charge in [-0.25, -0.2) is 0 Å². The summed E-state index contributed by atoms with van der Waals surface area (Å²) in [7, 11) is -11.7. The van der Waals surface area contributed by atoms with E-state index in [1.54, 1.807) is 5.56 Å². The molecule has 2 N–H and O–H groups in total. The third-order valence-electron chi connectivity index (χ3n) is 8.68. The van der Waals surface area contributed by atoms with E-state index in [1.165, 1.54) is 80.4 Å². The summed E-state index contributed by atoms with van der Waals surface area (Å²) in [6.45, 7) is 4.58. The Morgan fingerprint density at radius 1 is 0.679 bits per heavy atom. The molecule has 0 aromatic heterocycles. The van der Waals surface area contributed by atoms with Crippen LogP contribution >= 0.6 is 0 Å². The Bertz CT molecular complexity index is 1900. The van der Waals surface area contributed by atoms with Crippen LogP contribution in [0.2, 0.25) is 0 Å². The van der Waals surface area contributed by atoms with Gasteiger partial charge in [0.2, 0.25) is 0 Å². The number of Topliss-reactive ketones (excluding diaryl/α,β-unsaturated/α-hetero) is 1. The zero-order chi connectivity index (χ0) is 39.9. The Morgan fingerprint density at radius 3 is 1.62 bits per heavy atom. The van der Waals surface area contributed by atoms with E-state index in [0.717, 1.165) is 23.3 Å². The molecule has 0 atom stereocenters. The maximum atomic E-state index is 12.2. The van der Waals surface area contributed by atoms with Gasteiger partial charge in [-0.2, -0.15) is 43.2 Å². The SMILES string of the molecule is CCCCC(CCCC)c1cccc2ccccc12.O=C(CC1CCCC1)c1ccc2ccccc2c1.O=S(=O)(O)C(F)(F)F.O=S(=O)(O)C(F)(F)F. The first kappa shape index (κ1) is 45.6. The van der Waals surface area contributed by atoms with Gasteiger partial charge in [-0.1, -0.05) is 144 Å². The van der Waals surface area contributed by atoms with Gasteiger partial charge in [0.25, 0.3) is 0 Å². The molecule has 0 amide bonds. The molecule has 15 heteroatoms. The molecule has 0 heterocycles. The Morgan fingerprint density at radius 2 is 1.13 bits per heavy atom. The highest BCUT2D eigenvalue weighted by Gasteiger charge is 2.45. The fourth-order valence-corrected chi connectivity index (χ4v) is 5.92. The van der Waals surface area contributed by atoms with Crippen LogP contribution in [0, 0.1) is 5.92 Å². The Hall–Kier alpha value is -3.53. The lowest BCUT2D eigenvalue weighted by Gasteiger charge is -2.19. The number of rotatable bonds is 10. The number of fused-ring (bicyclic) bond motifs is 2. The number of ketones is 1. The normalized spacial score (nSPS) is 13.8. The molecule has 1 aliphatic rings. The molecule has 4 aromatic rings. The fraction of sp³-hybridized carbons (Fsp3) is 0.447. The lowest BCUT2D eigenvalue weighted by molar-refractivity contribution is -0.0514. The monoisotopic (exact) mass is 792 g/mol. The van der Waals surface area contributed by atoms with Crippen LogP contribution in [-0.2, 0) is 20.2 Å².